The summed E-state index contributed by atoms with van der Waals surface area (Å²) in [6.45, 7) is 6.21. The average Bonchev–Trinajstić information content (AvgIpc) is 2.79. The molecule has 4 aromatic rings. The third-order valence-electron chi connectivity index (χ3n) is 5.80. The first-order chi connectivity index (χ1) is 17.4. The molecule has 0 spiro atoms. The molecule has 0 aliphatic carbocycles. The second kappa shape index (κ2) is 9.91. The van der Waals surface area contributed by atoms with Crippen molar-refractivity contribution in [2.24, 2.45) is 0 Å². The molecule has 0 aliphatic heterocycles. The Labute approximate surface area is 216 Å². The monoisotopic (exact) mass is 527 g/mol. The predicted octanol–water partition coefficient (Wildman–Crippen LogP) is 4.74. The van der Waals surface area contributed by atoms with Crippen molar-refractivity contribution < 1.29 is 18.6 Å². The molecule has 1 aromatic carbocycles. The fraction of sp³-hybridized carbons (Fsp3) is 0.222. The van der Waals surface area contributed by atoms with Gasteiger partial charge in [0.15, 0.2) is 0 Å². The summed E-state index contributed by atoms with van der Waals surface area (Å²) >= 11 is 6.17. The smallest absolute Gasteiger partial charge is 0.263 e. The summed E-state index contributed by atoms with van der Waals surface area (Å²) in [4.78, 5) is 30.6. The number of pyridine rings is 3. The largest absolute Gasteiger partial charge is 0.489 e. The van der Waals surface area contributed by atoms with Gasteiger partial charge in [0, 0.05) is 47.9 Å². The Hall–Kier alpha value is -3.82. The summed E-state index contributed by atoms with van der Waals surface area (Å²) in [5.74, 6) is -0.983. The minimum atomic E-state index is -1.48. The van der Waals surface area contributed by atoms with E-state index in [2.05, 4.69) is 4.98 Å². The molecule has 0 unspecified atom stereocenters. The maximum Gasteiger partial charge on any atom is 0.263 e. The Bertz CT molecular complexity index is 1620. The second-order valence-electron chi connectivity index (χ2n) is 9.13. The fourth-order valence-corrected chi connectivity index (χ4v) is 4.36. The molecule has 7 nitrogen and oxygen atoms in total. The Kier molecular flexibility index (Phi) is 7.03. The molecule has 0 saturated carbocycles. The number of aryl methyl sites for hydroxylation is 2. The summed E-state index contributed by atoms with van der Waals surface area (Å²) in [5, 5.41) is 10.6. The maximum atomic E-state index is 13.9. The number of rotatable bonds is 6. The van der Waals surface area contributed by atoms with Crippen molar-refractivity contribution in [3.63, 3.8) is 0 Å². The van der Waals surface area contributed by atoms with Crippen LogP contribution in [-0.2, 0) is 12.2 Å². The topological polar surface area (TPSA) is 86.3 Å². The van der Waals surface area contributed by atoms with Gasteiger partial charge in [0.05, 0.1) is 21.9 Å². The minimum Gasteiger partial charge on any atom is -0.489 e. The van der Waals surface area contributed by atoms with Crippen LogP contribution in [0.15, 0.2) is 64.4 Å². The van der Waals surface area contributed by atoms with Crippen LogP contribution in [0.5, 0.6) is 5.75 Å². The van der Waals surface area contributed by atoms with Crippen molar-refractivity contribution in [3.8, 4) is 17.3 Å². The van der Waals surface area contributed by atoms with Crippen LogP contribution in [0.3, 0.4) is 0 Å². The quantitative estimate of drug-likeness (QED) is 0.391. The van der Waals surface area contributed by atoms with Gasteiger partial charge < -0.3 is 9.84 Å². The van der Waals surface area contributed by atoms with E-state index in [1.807, 2.05) is 0 Å². The molecule has 4 rings (SSSR count). The van der Waals surface area contributed by atoms with Crippen LogP contribution in [0.25, 0.3) is 11.5 Å². The highest BCUT2D eigenvalue weighted by molar-refractivity contribution is 6.31. The van der Waals surface area contributed by atoms with Gasteiger partial charge in [-0.3, -0.25) is 18.7 Å². The third kappa shape index (κ3) is 5.33. The highest BCUT2D eigenvalue weighted by Crippen LogP contribution is 2.25. The molecule has 1 N–H and O–H groups in total. The highest BCUT2D eigenvalue weighted by Gasteiger charge is 2.25. The van der Waals surface area contributed by atoms with E-state index >= 15 is 0 Å². The normalized spacial score (nSPS) is 11.6. The molecule has 10 heteroatoms. The van der Waals surface area contributed by atoms with Crippen LogP contribution in [0, 0.1) is 25.5 Å². The van der Waals surface area contributed by atoms with E-state index in [0.717, 1.165) is 12.1 Å². The van der Waals surface area contributed by atoms with Gasteiger partial charge in [0.1, 0.15) is 29.8 Å². The van der Waals surface area contributed by atoms with E-state index in [0.29, 0.717) is 16.9 Å². The van der Waals surface area contributed by atoms with Gasteiger partial charge in [0.25, 0.3) is 11.1 Å². The molecule has 0 atom stereocenters. The number of hydrogen-bond donors (Lipinski definition) is 1. The van der Waals surface area contributed by atoms with Crippen LogP contribution in [-0.4, -0.2) is 19.2 Å². The van der Waals surface area contributed by atoms with Crippen LogP contribution < -0.4 is 15.9 Å². The number of hydrogen-bond acceptors (Lipinski definition) is 5. The Morgan fingerprint density at radius 3 is 2.46 bits per heavy atom. The maximum absolute atomic E-state index is 13.9. The number of aromatic nitrogens is 3. The van der Waals surface area contributed by atoms with E-state index in [1.54, 1.807) is 26.0 Å². The van der Waals surface area contributed by atoms with E-state index in [-0.39, 0.29) is 34.3 Å². The summed E-state index contributed by atoms with van der Waals surface area (Å²) in [5.41, 5.74) is -0.604. The van der Waals surface area contributed by atoms with Crippen molar-refractivity contribution in [1.82, 2.24) is 14.1 Å². The highest BCUT2D eigenvalue weighted by atomic mass is 35.5. The zero-order valence-electron chi connectivity index (χ0n) is 20.6. The molecular weight excluding hydrogens is 504 g/mol. The summed E-state index contributed by atoms with van der Waals surface area (Å²) in [7, 11) is 0. The number of ether oxygens (including phenoxy) is 1. The first-order valence-corrected chi connectivity index (χ1v) is 11.7. The lowest BCUT2D eigenvalue weighted by molar-refractivity contribution is 0.0769. The summed E-state index contributed by atoms with van der Waals surface area (Å²) < 4.78 is 35.3. The van der Waals surface area contributed by atoms with Crippen molar-refractivity contribution in [1.29, 1.82) is 0 Å². The minimum absolute atomic E-state index is 0.0213. The number of nitrogens with zero attached hydrogens (tertiary/aromatic N) is 3. The molecule has 0 amide bonds. The Balaban J connectivity index is 1.72. The van der Waals surface area contributed by atoms with E-state index in [9.17, 15) is 23.5 Å². The Morgan fingerprint density at radius 2 is 1.81 bits per heavy atom. The SMILES string of the molecule is Cc1cnc(-n2ccc(Cl)c(C(C)(C)O)c2=O)cc1-n1c(C)cc(OCc2ccc(F)cc2F)cc1=O. The first kappa shape index (κ1) is 26.2. The van der Waals surface area contributed by atoms with Crippen molar-refractivity contribution in [3.05, 3.63) is 115 Å². The van der Waals surface area contributed by atoms with Gasteiger partial charge in [-0.1, -0.05) is 11.6 Å². The van der Waals surface area contributed by atoms with Gasteiger partial charge in [-0.25, -0.2) is 13.8 Å². The number of aliphatic hydroxyl groups is 1. The molecule has 0 bridgehead atoms. The molecule has 3 heterocycles. The molecule has 0 aliphatic rings. The zero-order valence-corrected chi connectivity index (χ0v) is 21.3. The summed E-state index contributed by atoms with van der Waals surface area (Å²) in [6, 6.07) is 9.13. The van der Waals surface area contributed by atoms with Gasteiger partial charge in [-0.2, -0.15) is 0 Å². The standard InChI is InChI=1S/C27H24ClF2N3O4/c1-15-13-31-23(32-8-7-20(28)25(26(32)35)27(3,4)36)12-22(15)33-16(2)9-19(11-24(33)34)37-14-17-5-6-18(29)10-21(17)30/h5-13,36H,14H2,1-4H3. The molecule has 0 saturated heterocycles. The molecular formula is C27H24ClF2N3O4. The lowest BCUT2D eigenvalue weighted by Crippen LogP contribution is -2.32. The molecule has 37 heavy (non-hydrogen) atoms. The third-order valence-corrected chi connectivity index (χ3v) is 6.12. The second-order valence-corrected chi connectivity index (χ2v) is 9.54. The Morgan fingerprint density at radius 1 is 1.08 bits per heavy atom. The molecule has 0 radical (unpaired) electrons. The molecule has 0 fully saturated rings. The fourth-order valence-electron chi connectivity index (χ4n) is 3.99. The predicted molar refractivity (Wildman–Crippen MR) is 136 cm³/mol. The van der Waals surface area contributed by atoms with Crippen molar-refractivity contribution in [2.45, 2.75) is 39.9 Å². The van der Waals surface area contributed by atoms with E-state index in [1.165, 1.54) is 53.6 Å². The van der Waals surface area contributed by atoms with Crippen LogP contribution in [0.1, 0.15) is 36.2 Å². The van der Waals surface area contributed by atoms with Gasteiger partial charge in [-0.15, -0.1) is 0 Å². The average molecular weight is 528 g/mol. The number of halogens is 3. The van der Waals surface area contributed by atoms with Crippen molar-refractivity contribution >= 4 is 11.6 Å². The van der Waals surface area contributed by atoms with Gasteiger partial charge in [-0.05, 0) is 51.5 Å². The van der Waals surface area contributed by atoms with Crippen LogP contribution in [0.4, 0.5) is 8.78 Å². The lowest BCUT2D eigenvalue weighted by Gasteiger charge is -2.20. The lowest BCUT2D eigenvalue weighted by atomic mass is 10.00. The van der Waals surface area contributed by atoms with Gasteiger partial charge >= 0.3 is 0 Å². The van der Waals surface area contributed by atoms with E-state index < -0.39 is 28.4 Å². The number of benzene rings is 1. The van der Waals surface area contributed by atoms with Crippen LogP contribution >= 0.6 is 11.6 Å². The van der Waals surface area contributed by atoms with Crippen LogP contribution in [0.2, 0.25) is 5.02 Å². The molecule has 192 valence electrons. The van der Waals surface area contributed by atoms with Crippen molar-refractivity contribution in [2.75, 3.05) is 0 Å². The van der Waals surface area contributed by atoms with E-state index in [4.69, 9.17) is 16.3 Å². The summed E-state index contributed by atoms with van der Waals surface area (Å²) in [6.07, 6.45) is 2.98. The van der Waals surface area contributed by atoms with Gasteiger partial charge in [0.2, 0.25) is 0 Å². The molecule has 3 aromatic heterocycles. The zero-order chi connectivity index (χ0) is 27.1. The first-order valence-electron chi connectivity index (χ1n) is 11.3.